The second kappa shape index (κ2) is 11.1. The van der Waals surface area contributed by atoms with E-state index in [1.54, 1.807) is 23.1 Å². The van der Waals surface area contributed by atoms with Crippen LogP contribution in [-0.2, 0) is 4.79 Å². The van der Waals surface area contributed by atoms with Crippen LogP contribution in [0.25, 0.3) is 0 Å². The van der Waals surface area contributed by atoms with E-state index in [1.165, 1.54) is 19.3 Å². The van der Waals surface area contributed by atoms with Gasteiger partial charge in [-0.1, -0.05) is 50.5 Å². The predicted octanol–water partition coefficient (Wildman–Crippen LogP) is 6.61. The lowest BCUT2D eigenvalue weighted by Gasteiger charge is -2.29. The van der Waals surface area contributed by atoms with E-state index in [0.29, 0.717) is 11.3 Å². The summed E-state index contributed by atoms with van der Waals surface area (Å²) in [6, 6.07) is 15.8. The molecule has 2 heterocycles. The number of thioether (sulfide) groups is 1. The second-order valence-corrected chi connectivity index (χ2v) is 9.37. The van der Waals surface area contributed by atoms with Gasteiger partial charge in [0.15, 0.2) is 0 Å². The SMILES string of the molecule is CCCCCCSC1=NC(C)=C(C(=O)Nc2ccccc2)[C@H](c2cccs2)C1C#N. The number of carbonyl (C=O) groups excluding carboxylic acids is 1. The molecule has 1 aliphatic rings. The Morgan fingerprint density at radius 1 is 1.20 bits per heavy atom. The molecule has 0 saturated heterocycles. The molecular weight excluding hydrogens is 410 g/mol. The number of allylic oxidation sites excluding steroid dienone is 1. The minimum absolute atomic E-state index is 0.187. The van der Waals surface area contributed by atoms with Crippen molar-refractivity contribution in [2.45, 2.75) is 45.4 Å². The minimum Gasteiger partial charge on any atom is -0.322 e. The molecule has 1 N–H and O–H groups in total. The van der Waals surface area contributed by atoms with Crippen LogP contribution in [0.3, 0.4) is 0 Å². The van der Waals surface area contributed by atoms with Crippen molar-refractivity contribution in [1.82, 2.24) is 0 Å². The number of para-hydroxylation sites is 1. The van der Waals surface area contributed by atoms with E-state index >= 15 is 0 Å². The van der Waals surface area contributed by atoms with Gasteiger partial charge in [-0.05, 0) is 42.7 Å². The second-order valence-electron chi connectivity index (χ2n) is 7.28. The Labute approximate surface area is 187 Å². The van der Waals surface area contributed by atoms with Crippen LogP contribution in [0.5, 0.6) is 0 Å². The molecule has 1 aromatic heterocycles. The summed E-state index contributed by atoms with van der Waals surface area (Å²) in [4.78, 5) is 19.0. The number of hydrogen-bond acceptors (Lipinski definition) is 5. The van der Waals surface area contributed by atoms with Gasteiger partial charge in [0.25, 0.3) is 5.91 Å². The van der Waals surface area contributed by atoms with E-state index in [9.17, 15) is 10.1 Å². The van der Waals surface area contributed by atoms with E-state index < -0.39 is 5.92 Å². The Morgan fingerprint density at radius 2 is 2.00 bits per heavy atom. The standard InChI is InChI=1S/C24H27N3OS2/c1-3-4-5-9-14-30-24-19(16-25)22(20-13-10-15-29-20)21(17(2)26-24)23(28)27-18-11-7-6-8-12-18/h6-8,10-13,15,19,22H,3-5,9,14H2,1-2H3,(H,27,28)/t19?,22-/m0/s1. The van der Waals surface area contributed by atoms with Crippen molar-refractivity contribution in [2.75, 3.05) is 11.1 Å². The van der Waals surface area contributed by atoms with Crippen molar-refractivity contribution in [1.29, 1.82) is 5.26 Å². The summed E-state index contributed by atoms with van der Waals surface area (Å²) < 4.78 is 0. The Hall–Kier alpha value is -2.36. The fourth-order valence-electron chi connectivity index (χ4n) is 3.59. The summed E-state index contributed by atoms with van der Waals surface area (Å²) in [6.45, 7) is 4.08. The average Bonchev–Trinajstić information content (AvgIpc) is 3.28. The van der Waals surface area contributed by atoms with E-state index in [0.717, 1.165) is 27.8 Å². The van der Waals surface area contributed by atoms with Gasteiger partial charge in [-0.25, -0.2) is 4.99 Å². The Morgan fingerprint density at radius 3 is 2.67 bits per heavy atom. The minimum atomic E-state index is -0.444. The van der Waals surface area contributed by atoms with Gasteiger partial charge in [0.1, 0.15) is 5.92 Å². The number of anilines is 1. The Balaban J connectivity index is 1.89. The molecule has 6 heteroatoms. The lowest BCUT2D eigenvalue weighted by atomic mass is 9.82. The van der Waals surface area contributed by atoms with Crippen LogP contribution in [0.4, 0.5) is 5.69 Å². The van der Waals surface area contributed by atoms with Gasteiger partial charge in [0.05, 0.1) is 11.1 Å². The van der Waals surface area contributed by atoms with Crippen molar-refractivity contribution in [3.05, 3.63) is 64.0 Å². The van der Waals surface area contributed by atoms with Gasteiger partial charge in [0, 0.05) is 27.8 Å². The molecule has 3 rings (SSSR count). The summed E-state index contributed by atoms with van der Waals surface area (Å²) in [5.41, 5.74) is 2.02. The van der Waals surface area contributed by atoms with Crippen molar-refractivity contribution in [3.63, 3.8) is 0 Å². The number of rotatable bonds is 8. The van der Waals surface area contributed by atoms with E-state index in [4.69, 9.17) is 4.99 Å². The molecule has 30 heavy (non-hydrogen) atoms. The van der Waals surface area contributed by atoms with Crippen LogP contribution in [0.15, 0.2) is 64.1 Å². The highest BCUT2D eigenvalue weighted by atomic mass is 32.2. The predicted molar refractivity (Wildman–Crippen MR) is 128 cm³/mol. The van der Waals surface area contributed by atoms with Crippen LogP contribution in [0, 0.1) is 17.2 Å². The normalized spacial score (nSPS) is 18.6. The fraction of sp³-hybridized carbons (Fsp3) is 0.375. The van der Waals surface area contributed by atoms with Gasteiger partial charge in [-0.15, -0.1) is 23.1 Å². The smallest absolute Gasteiger partial charge is 0.254 e. The number of hydrogen-bond donors (Lipinski definition) is 1. The highest BCUT2D eigenvalue weighted by Crippen LogP contribution is 2.43. The summed E-state index contributed by atoms with van der Waals surface area (Å²) in [6.07, 6.45) is 4.75. The molecule has 1 aliphatic heterocycles. The number of benzene rings is 1. The average molecular weight is 438 g/mol. The van der Waals surface area contributed by atoms with Crippen LogP contribution >= 0.6 is 23.1 Å². The van der Waals surface area contributed by atoms with Crippen molar-refractivity contribution < 1.29 is 4.79 Å². The molecule has 0 saturated carbocycles. The molecule has 1 unspecified atom stereocenters. The Bertz CT molecular complexity index is 943. The molecule has 2 atom stereocenters. The largest absolute Gasteiger partial charge is 0.322 e. The van der Waals surface area contributed by atoms with Crippen molar-refractivity contribution >= 4 is 39.7 Å². The third-order valence-electron chi connectivity index (χ3n) is 5.09. The first-order valence-corrected chi connectivity index (χ1v) is 12.2. The first kappa shape index (κ1) is 22.3. The van der Waals surface area contributed by atoms with Gasteiger partial charge in [-0.2, -0.15) is 5.26 Å². The maximum absolute atomic E-state index is 13.2. The van der Waals surface area contributed by atoms with Crippen molar-refractivity contribution in [3.8, 4) is 6.07 Å². The maximum Gasteiger partial charge on any atom is 0.254 e. The van der Waals surface area contributed by atoms with Crippen LogP contribution < -0.4 is 5.32 Å². The van der Waals surface area contributed by atoms with Crippen LogP contribution in [0.1, 0.15) is 50.3 Å². The molecule has 0 fully saturated rings. The fourth-order valence-corrected chi connectivity index (χ4v) is 5.59. The van der Waals surface area contributed by atoms with Gasteiger partial charge in [0.2, 0.25) is 0 Å². The molecule has 0 radical (unpaired) electrons. The Kier molecular flexibility index (Phi) is 8.30. The number of aliphatic imine (C=N–C) groups is 1. The number of nitriles is 1. The molecule has 2 aromatic rings. The van der Waals surface area contributed by atoms with Crippen LogP contribution in [0.2, 0.25) is 0 Å². The molecule has 1 amide bonds. The van der Waals surface area contributed by atoms with Gasteiger partial charge < -0.3 is 5.32 Å². The number of unbranched alkanes of at least 4 members (excludes halogenated alkanes) is 3. The monoisotopic (exact) mass is 437 g/mol. The third-order valence-corrected chi connectivity index (χ3v) is 7.18. The molecule has 0 spiro atoms. The van der Waals surface area contributed by atoms with Gasteiger partial charge >= 0.3 is 0 Å². The summed E-state index contributed by atoms with van der Waals surface area (Å²) in [7, 11) is 0. The topological polar surface area (TPSA) is 65.2 Å². The molecule has 156 valence electrons. The molecule has 0 bridgehead atoms. The lowest BCUT2D eigenvalue weighted by Crippen LogP contribution is -2.31. The van der Waals surface area contributed by atoms with Crippen LogP contribution in [-0.4, -0.2) is 16.7 Å². The number of thiophene rings is 1. The first-order valence-electron chi connectivity index (χ1n) is 10.4. The van der Waals surface area contributed by atoms with Crippen molar-refractivity contribution in [2.24, 2.45) is 10.9 Å². The molecule has 4 nitrogen and oxygen atoms in total. The first-order chi connectivity index (χ1) is 14.7. The zero-order valence-corrected chi connectivity index (χ0v) is 19.1. The zero-order chi connectivity index (χ0) is 21.3. The number of nitrogens with one attached hydrogen (secondary N) is 1. The highest BCUT2D eigenvalue weighted by Gasteiger charge is 2.39. The maximum atomic E-state index is 13.2. The lowest BCUT2D eigenvalue weighted by molar-refractivity contribution is -0.113. The van der Waals surface area contributed by atoms with Gasteiger partial charge in [-0.3, -0.25) is 4.79 Å². The number of nitrogens with zero attached hydrogens (tertiary/aromatic N) is 2. The summed E-state index contributed by atoms with van der Waals surface area (Å²) >= 11 is 3.25. The quantitative estimate of drug-likeness (QED) is 0.473. The zero-order valence-electron chi connectivity index (χ0n) is 17.4. The van der Waals surface area contributed by atoms with E-state index in [1.807, 2.05) is 54.8 Å². The highest BCUT2D eigenvalue weighted by molar-refractivity contribution is 8.14. The molecular formula is C24H27N3OS2. The number of carbonyl (C=O) groups is 1. The summed E-state index contributed by atoms with van der Waals surface area (Å²) in [5, 5.41) is 15.9. The van der Waals surface area contributed by atoms with E-state index in [-0.39, 0.29) is 11.8 Å². The molecule has 1 aromatic carbocycles. The third kappa shape index (κ3) is 5.41. The summed E-state index contributed by atoms with van der Waals surface area (Å²) in [5.74, 6) is 0.0231. The van der Waals surface area contributed by atoms with E-state index in [2.05, 4.69) is 18.3 Å². The molecule has 0 aliphatic carbocycles. The number of amides is 1.